The van der Waals surface area contributed by atoms with Gasteiger partial charge in [0.2, 0.25) is 0 Å². The minimum atomic E-state index is -1.31. The fourth-order valence-corrected chi connectivity index (χ4v) is 1.51. The van der Waals surface area contributed by atoms with E-state index in [4.69, 9.17) is 5.11 Å². The fourth-order valence-electron chi connectivity index (χ4n) is 1.51. The van der Waals surface area contributed by atoms with Gasteiger partial charge in [-0.2, -0.15) is 0 Å². The molecule has 0 spiro atoms. The summed E-state index contributed by atoms with van der Waals surface area (Å²) >= 11 is 0. The Morgan fingerprint density at radius 3 is 2.50 bits per heavy atom. The highest BCUT2D eigenvalue weighted by atomic mass is 16.6. The number of amides is 1. The van der Waals surface area contributed by atoms with Crippen LogP contribution in [0.15, 0.2) is 18.2 Å². The number of nitro benzene ring substituents is 1. The van der Waals surface area contributed by atoms with Gasteiger partial charge in [0.05, 0.1) is 16.1 Å². The lowest BCUT2D eigenvalue weighted by Gasteiger charge is -2.11. The van der Waals surface area contributed by atoms with Gasteiger partial charge in [-0.3, -0.25) is 14.9 Å². The number of carboxylic acids is 1. The average molecular weight is 281 g/mol. The molecule has 0 radical (unpaired) electrons. The standard InChI is InChI=1S/C12H15N3O5/c1-14(2)6-5-13-11(16)10-7-8(15(19)20)3-4-9(10)12(17)18/h3-4,7H,5-6H2,1-2H3,(H,13,16)(H,17,18). The zero-order valence-electron chi connectivity index (χ0n) is 11.1. The Balaban J connectivity index is 3.00. The molecule has 1 aromatic carbocycles. The number of carboxylic acid groups (broad SMARTS) is 1. The summed E-state index contributed by atoms with van der Waals surface area (Å²) in [5.41, 5.74) is -0.809. The Labute approximate surface area is 115 Å². The van der Waals surface area contributed by atoms with E-state index in [1.165, 1.54) is 0 Å². The van der Waals surface area contributed by atoms with Gasteiger partial charge < -0.3 is 15.3 Å². The van der Waals surface area contributed by atoms with Crippen molar-refractivity contribution in [3.63, 3.8) is 0 Å². The molecule has 0 aromatic heterocycles. The van der Waals surface area contributed by atoms with Crippen LogP contribution in [0.4, 0.5) is 5.69 Å². The number of nitro groups is 1. The molecule has 0 fully saturated rings. The lowest BCUT2D eigenvalue weighted by atomic mass is 10.1. The molecular weight excluding hydrogens is 266 g/mol. The van der Waals surface area contributed by atoms with E-state index in [1.807, 2.05) is 19.0 Å². The van der Waals surface area contributed by atoms with Gasteiger partial charge in [-0.05, 0) is 20.2 Å². The van der Waals surface area contributed by atoms with Crippen molar-refractivity contribution in [1.82, 2.24) is 10.2 Å². The van der Waals surface area contributed by atoms with Gasteiger partial charge >= 0.3 is 5.97 Å². The normalized spacial score (nSPS) is 10.3. The van der Waals surface area contributed by atoms with Crippen molar-refractivity contribution in [3.8, 4) is 0 Å². The van der Waals surface area contributed by atoms with E-state index in [1.54, 1.807) is 0 Å². The van der Waals surface area contributed by atoms with E-state index >= 15 is 0 Å². The lowest BCUT2D eigenvalue weighted by Crippen LogP contribution is -2.32. The van der Waals surface area contributed by atoms with E-state index in [0.29, 0.717) is 13.1 Å². The third kappa shape index (κ3) is 4.02. The van der Waals surface area contributed by atoms with Crippen LogP contribution in [-0.2, 0) is 0 Å². The summed E-state index contributed by atoms with van der Waals surface area (Å²) in [4.78, 5) is 34.8. The zero-order chi connectivity index (χ0) is 15.3. The predicted octanol–water partition coefficient (Wildman–Crippen LogP) is 0.584. The first-order valence-corrected chi connectivity index (χ1v) is 5.77. The van der Waals surface area contributed by atoms with Gasteiger partial charge in [0.1, 0.15) is 0 Å². The Kier molecular flexibility index (Phi) is 5.15. The van der Waals surface area contributed by atoms with Crippen LogP contribution in [0.3, 0.4) is 0 Å². The molecule has 108 valence electrons. The average Bonchev–Trinajstić information content (AvgIpc) is 2.37. The molecule has 0 atom stereocenters. The van der Waals surface area contributed by atoms with Gasteiger partial charge in [0, 0.05) is 25.2 Å². The molecule has 0 heterocycles. The number of aromatic carboxylic acids is 1. The van der Waals surface area contributed by atoms with Crippen LogP contribution >= 0.6 is 0 Å². The molecule has 0 aliphatic heterocycles. The lowest BCUT2D eigenvalue weighted by molar-refractivity contribution is -0.384. The molecule has 0 aliphatic carbocycles. The number of nitrogens with zero attached hydrogens (tertiary/aromatic N) is 2. The number of likely N-dealkylation sites (N-methyl/N-ethyl adjacent to an activating group) is 1. The number of hydrogen-bond acceptors (Lipinski definition) is 5. The Morgan fingerprint density at radius 1 is 1.35 bits per heavy atom. The van der Waals surface area contributed by atoms with Crippen LogP contribution in [-0.4, -0.2) is 54.0 Å². The van der Waals surface area contributed by atoms with Crippen molar-refractivity contribution < 1.29 is 19.6 Å². The second-order valence-corrected chi connectivity index (χ2v) is 4.35. The van der Waals surface area contributed by atoms with Crippen molar-refractivity contribution in [3.05, 3.63) is 39.4 Å². The second-order valence-electron chi connectivity index (χ2n) is 4.35. The number of nitrogens with one attached hydrogen (secondary N) is 1. The van der Waals surface area contributed by atoms with Crippen molar-refractivity contribution >= 4 is 17.6 Å². The Hall–Kier alpha value is -2.48. The van der Waals surface area contributed by atoms with Crippen molar-refractivity contribution in [2.24, 2.45) is 0 Å². The van der Waals surface area contributed by atoms with Gasteiger partial charge in [0.25, 0.3) is 11.6 Å². The van der Waals surface area contributed by atoms with Gasteiger partial charge in [0.15, 0.2) is 0 Å². The van der Waals surface area contributed by atoms with Crippen LogP contribution in [0, 0.1) is 10.1 Å². The van der Waals surface area contributed by atoms with Crippen molar-refractivity contribution in [1.29, 1.82) is 0 Å². The molecule has 0 bridgehead atoms. The minimum Gasteiger partial charge on any atom is -0.478 e. The molecule has 1 rings (SSSR count). The molecule has 0 unspecified atom stereocenters. The summed E-state index contributed by atoms with van der Waals surface area (Å²) in [6.45, 7) is 0.886. The van der Waals surface area contributed by atoms with E-state index < -0.39 is 16.8 Å². The number of hydrogen-bond donors (Lipinski definition) is 2. The molecule has 2 N–H and O–H groups in total. The Morgan fingerprint density at radius 2 is 2.00 bits per heavy atom. The van der Waals surface area contributed by atoms with Crippen LogP contribution in [0.25, 0.3) is 0 Å². The molecule has 1 amide bonds. The van der Waals surface area contributed by atoms with Gasteiger partial charge in [-0.15, -0.1) is 0 Å². The minimum absolute atomic E-state index is 0.217. The largest absolute Gasteiger partial charge is 0.478 e. The predicted molar refractivity (Wildman–Crippen MR) is 70.9 cm³/mol. The smallest absolute Gasteiger partial charge is 0.336 e. The summed E-state index contributed by atoms with van der Waals surface area (Å²) in [6, 6.07) is 3.08. The highest BCUT2D eigenvalue weighted by molar-refractivity contribution is 6.05. The number of carbonyl (C=O) groups excluding carboxylic acids is 1. The van der Waals surface area contributed by atoms with Crippen LogP contribution in [0.5, 0.6) is 0 Å². The summed E-state index contributed by atoms with van der Waals surface area (Å²) < 4.78 is 0. The molecule has 8 nitrogen and oxygen atoms in total. The van der Waals surface area contributed by atoms with Crippen LogP contribution < -0.4 is 5.32 Å². The summed E-state index contributed by atoms with van der Waals surface area (Å²) in [5, 5.41) is 22.2. The molecule has 0 saturated heterocycles. The maximum Gasteiger partial charge on any atom is 0.336 e. The summed E-state index contributed by atoms with van der Waals surface area (Å²) in [6.07, 6.45) is 0. The number of rotatable bonds is 6. The highest BCUT2D eigenvalue weighted by Crippen LogP contribution is 2.18. The number of carbonyl (C=O) groups is 2. The van der Waals surface area contributed by atoms with Gasteiger partial charge in [-0.1, -0.05) is 0 Å². The molecule has 0 aliphatic rings. The van der Waals surface area contributed by atoms with E-state index in [9.17, 15) is 19.7 Å². The third-order valence-corrected chi connectivity index (χ3v) is 2.53. The topological polar surface area (TPSA) is 113 Å². The molecule has 1 aromatic rings. The van der Waals surface area contributed by atoms with E-state index in [2.05, 4.69) is 5.32 Å². The highest BCUT2D eigenvalue weighted by Gasteiger charge is 2.20. The molecule has 20 heavy (non-hydrogen) atoms. The zero-order valence-corrected chi connectivity index (χ0v) is 11.1. The Bertz CT molecular complexity index is 542. The van der Waals surface area contributed by atoms with E-state index in [-0.39, 0.29) is 16.8 Å². The van der Waals surface area contributed by atoms with Gasteiger partial charge in [-0.25, -0.2) is 4.79 Å². The molecule has 8 heteroatoms. The maximum atomic E-state index is 11.9. The monoisotopic (exact) mass is 281 g/mol. The third-order valence-electron chi connectivity index (χ3n) is 2.53. The van der Waals surface area contributed by atoms with Crippen molar-refractivity contribution in [2.45, 2.75) is 0 Å². The summed E-state index contributed by atoms with van der Waals surface area (Å²) in [5.74, 6) is -1.95. The first kappa shape index (κ1) is 15.6. The van der Waals surface area contributed by atoms with Crippen LogP contribution in [0.1, 0.15) is 20.7 Å². The number of benzene rings is 1. The van der Waals surface area contributed by atoms with Crippen LogP contribution in [0.2, 0.25) is 0 Å². The summed E-state index contributed by atoms with van der Waals surface area (Å²) in [7, 11) is 3.64. The number of non-ortho nitro benzene ring substituents is 1. The fraction of sp³-hybridized carbons (Fsp3) is 0.333. The first-order chi connectivity index (χ1) is 9.32. The SMILES string of the molecule is CN(C)CCNC(=O)c1cc([N+](=O)[O-])ccc1C(=O)O. The quantitative estimate of drug-likeness (QED) is 0.582. The first-order valence-electron chi connectivity index (χ1n) is 5.77. The molecule has 0 saturated carbocycles. The van der Waals surface area contributed by atoms with E-state index in [0.717, 1.165) is 18.2 Å². The van der Waals surface area contributed by atoms with Crippen molar-refractivity contribution in [2.75, 3.05) is 27.2 Å². The maximum absolute atomic E-state index is 11.9. The second kappa shape index (κ2) is 6.62. The molecular formula is C12H15N3O5.